The van der Waals surface area contributed by atoms with E-state index < -0.39 is 6.72 Å². The van der Waals surface area contributed by atoms with E-state index in [2.05, 4.69) is 13.8 Å². The molecule has 1 rings (SSSR count). The Hall–Kier alpha value is 0.490. The van der Waals surface area contributed by atoms with Crippen molar-refractivity contribution in [2.24, 2.45) is 11.8 Å². The average Bonchev–Trinajstić information content (AvgIpc) is 2.60. The van der Waals surface area contributed by atoms with E-state index in [9.17, 15) is 4.89 Å². The largest absolute Gasteiger partial charge is 0.780 e. The quantitative estimate of drug-likeness (QED) is 0.698. The molecule has 0 aromatic heterocycles. The van der Waals surface area contributed by atoms with Crippen LogP contribution in [0.1, 0.15) is 34.1 Å². The minimum absolute atomic E-state index is 0.0120. The van der Waals surface area contributed by atoms with Gasteiger partial charge in [0.2, 0.25) is 0 Å². The first-order valence-electron chi connectivity index (χ1n) is 6.07. The van der Waals surface area contributed by atoms with Crippen LogP contribution in [-0.2, 0) is 25.6 Å². The summed E-state index contributed by atoms with van der Waals surface area (Å²) in [5.74, 6) is 0.977. The molecule has 1 aliphatic rings. The summed E-state index contributed by atoms with van der Waals surface area (Å²) < 4.78 is 15.9. The fourth-order valence-electron chi connectivity index (χ4n) is 2.05. The molecule has 6 heteroatoms. The van der Waals surface area contributed by atoms with E-state index in [0.29, 0.717) is 11.8 Å². The number of hydrogen-bond acceptors (Lipinski definition) is 5. The van der Waals surface area contributed by atoms with Crippen molar-refractivity contribution in [2.75, 3.05) is 13.2 Å². The third kappa shape index (κ3) is 5.33. The molecule has 0 aromatic carbocycles. The Morgan fingerprint density at radius 2 is 2.06 bits per heavy atom. The lowest BCUT2D eigenvalue weighted by molar-refractivity contribution is -0.211. The van der Waals surface area contributed by atoms with Gasteiger partial charge in [-0.05, 0) is 32.1 Å². The molecule has 0 bridgehead atoms. The molecule has 3 atom stereocenters. The zero-order valence-electron chi connectivity index (χ0n) is 10.9. The minimum Gasteiger partial charge on any atom is -0.780 e. The highest BCUT2D eigenvalue weighted by Crippen LogP contribution is 2.41. The van der Waals surface area contributed by atoms with Crippen LogP contribution in [0.15, 0.2) is 0 Å². The van der Waals surface area contributed by atoms with E-state index >= 15 is 0 Å². The number of ether oxygens (including phenoxy) is 1. The predicted molar refractivity (Wildman–Crippen MR) is 69.1 cm³/mol. The number of rotatable bonds is 6. The predicted octanol–water partition coefficient (Wildman–Crippen LogP) is 2.07. The lowest BCUT2D eigenvalue weighted by Crippen LogP contribution is -2.27. The normalized spacial score (nSPS) is 28.9. The van der Waals surface area contributed by atoms with Gasteiger partial charge in [0.25, 0.3) is 0 Å². The van der Waals surface area contributed by atoms with Gasteiger partial charge < -0.3 is 18.7 Å². The van der Waals surface area contributed by atoms with Crippen LogP contribution in [0.5, 0.6) is 0 Å². The summed E-state index contributed by atoms with van der Waals surface area (Å²) >= 11 is 4.81. The molecule has 1 saturated heterocycles. The highest BCUT2D eigenvalue weighted by Gasteiger charge is 2.31. The van der Waals surface area contributed by atoms with Crippen LogP contribution in [-0.4, -0.2) is 25.4 Å². The van der Waals surface area contributed by atoms with Crippen molar-refractivity contribution in [1.29, 1.82) is 0 Å². The Morgan fingerprint density at radius 3 is 2.59 bits per heavy atom. The van der Waals surface area contributed by atoms with Gasteiger partial charge in [0, 0.05) is 6.61 Å². The molecule has 0 radical (unpaired) electrons. The third-order valence-electron chi connectivity index (χ3n) is 2.85. The van der Waals surface area contributed by atoms with Gasteiger partial charge in [-0.1, -0.05) is 25.7 Å². The highest BCUT2D eigenvalue weighted by atomic mass is 32.5. The lowest BCUT2D eigenvalue weighted by Gasteiger charge is -2.31. The maximum absolute atomic E-state index is 11.8. The molecule has 1 unspecified atom stereocenters. The molecule has 0 aromatic rings. The summed E-state index contributed by atoms with van der Waals surface area (Å²) in [7, 11) is 0. The van der Waals surface area contributed by atoms with Gasteiger partial charge in [0.15, 0.2) is 0 Å². The van der Waals surface area contributed by atoms with Crippen molar-refractivity contribution in [1.82, 2.24) is 0 Å². The lowest BCUT2D eigenvalue weighted by atomic mass is 9.90. The van der Waals surface area contributed by atoms with Crippen molar-refractivity contribution in [3.8, 4) is 0 Å². The van der Waals surface area contributed by atoms with E-state index in [1.165, 1.54) is 0 Å². The fourth-order valence-corrected chi connectivity index (χ4v) is 3.66. The average molecular weight is 281 g/mol. The summed E-state index contributed by atoms with van der Waals surface area (Å²) in [5.41, 5.74) is 0. The second kappa shape index (κ2) is 6.60. The van der Waals surface area contributed by atoms with Crippen molar-refractivity contribution in [3.63, 3.8) is 0 Å². The van der Waals surface area contributed by atoms with E-state index in [1.54, 1.807) is 13.8 Å². The molecule has 0 aliphatic carbocycles. The van der Waals surface area contributed by atoms with Crippen LogP contribution >= 0.6 is 6.72 Å². The summed E-state index contributed by atoms with van der Waals surface area (Å²) in [4.78, 5) is 11.8. The molecular formula is C11H22O4PS-. The topological polar surface area (TPSA) is 50.8 Å². The van der Waals surface area contributed by atoms with E-state index in [1.807, 2.05) is 0 Å². The summed E-state index contributed by atoms with van der Waals surface area (Å²) in [6.45, 7) is 5.53. The van der Waals surface area contributed by atoms with E-state index in [0.717, 1.165) is 13.0 Å². The van der Waals surface area contributed by atoms with Gasteiger partial charge in [-0.3, -0.25) is 0 Å². The molecule has 1 aliphatic heterocycles. The maximum atomic E-state index is 11.8. The Balaban J connectivity index is 2.42. The molecule has 1 heterocycles. The van der Waals surface area contributed by atoms with Crippen LogP contribution in [0.25, 0.3) is 0 Å². The van der Waals surface area contributed by atoms with Crippen molar-refractivity contribution in [3.05, 3.63) is 0 Å². The fraction of sp³-hybridized carbons (Fsp3) is 1.00. The zero-order chi connectivity index (χ0) is 13.1. The summed E-state index contributed by atoms with van der Waals surface area (Å²) in [6, 6.07) is 0. The van der Waals surface area contributed by atoms with Crippen molar-refractivity contribution >= 4 is 18.5 Å². The molecule has 0 N–H and O–H groups in total. The highest BCUT2D eigenvalue weighted by molar-refractivity contribution is 8.06. The summed E-state index contributed by atoms with van der Waals surface area (Å²) in [5, 5.41) is 0. The zero-order valence-corrected chi connectivity index (χ0v) is 12.6. The first kappa shape index (κ1) is 15.5. The molecule has 0 spiro atoms. The SMILES string of the molecule is CC(C)OP([O-])(=S)OC[C@@H]1OCC[C@@H]1C(C)C. The molecule has 102 valence electrons. The monoisotopic (exact) mass is 281 g/mol. The van der Waals surface area contributed by atoms with Gasteiger partial charge in [0.1, 0.15) is 6.72 Å². The maximum Gasteiger partial charge on any atom is 0.115 e. The van der Waals surface area contributed by atoms with Gasteiger partial charge in [0.05, 0.1) is 18.8 Å². The minimum atomic E-state index is -3.35. The van der Waals surface area contributed by atoms with Crippen LogP contribution in [0.2, 0.25) is 0 Å². The van der Waals surface area contributed by atoms with Gasteiger partial charge in [-0.25, -0.2) is 0 Å². The Kier molecular flexibility index (Phi) is 6.03. The van der Waals surface area contributed by atoms with E-state index in [4.69, 9.17) is 25.6 Å². The van der Waals surface area contributed by atoms with E-state index in [-0.39, 0.29) is 18.8 Å². The van der Waals surface area contributed by atoms with Crippen LogP contribution in [0.4, 0.5) is 0 Å². The Labute approximate surface area is 109 Å². The Bertz CT molecular complexity index is 283. The Morgan fingerprint density at radius 1 is 1.41 bits per heavy atom. The van der Waals surface area contributed by atoms with Crippen LogP contribution < -0.4 is 4.89 Å². The smallest absolute Gasteiger partial charge is 0.115 e. The first-order valence-corrected chi connectivity index (χ1v) is 8.63. The van der Waals surface area contributed by atoms with Gasteiger partial charge in [-0.2, -0.15) is 0 Å². The second-order valence-corrected chi connectivity index (χ2v) is 7.71. The van der Waals surface area contributed by atoms with Crippen LogP contribution in [0, 0.1) is 11.8 Å². The molecular weight excluding hydrogens is 259 g/mol. The second-order valence-electron chi connectivity index (χ2n) is 5.00. The standard InChI is InChI=1S/C11H23O4PS/c1-8(2)10-5-6-13-11(10)7-14-16(12,17)15-9(3)4/h8-11H,5-7H2,1-4H3,(H,12,17)/p-1/t10-,11+,16?/m1/s1. The third-order valence-corrected chi connectivity index (χ3v) is 4.57. The first-order chi connectivity index (χ1) is 7.82. The molecule has 0 amide bonds. The summed E-state index contributed by atoms with van der Waals surface area (Å²) in [6.07, 6.45) is 0.823. The van der Waals surface area contributed by atoms with Crippen molar-refractivity contribution < 1.29 is 18.7 Å². The van der Waals surface area contributed by atoms with Gasteiger partial charge in [-0.15, -0.1) is 0 Å². The molecule has 0 saturated carbocycles. The number of hydrogen-bond donors (Lipinski definition) is 0. The van der Waals surface area contributed by atoms with Crippen LogP contribution in [0.3, 0.4) is 0 Å². The molecule has 17 heavy (non-hydrogen) atoms. The van der Waals surface area contributed by atoms with Gasteiger partial charge >= 0.3 is 0 Å². The van der Waals surface area contributed by atoms with Crippen molar-refractivity contribution in [2.45, 2.75) is 46.3 Å². The molecule has 4 nitrogen and oxygen atoms in total. The molecule has 1 fully saturated rings.